The highest BCUT2D eigenvalue weighted by molar-refractivity contribution is 7.92. The number of hydrogen-bond donors (Lipinski definition) is 1. The summed E-state index contributed by atoms with van der Waals surface area (Å²) in [6.07, 6.45) is -5.94. The summed E-state index contributed by atoms with van der Waals surface area (Å²) < 4.78 is 70.6. The van der Waals surface area contributed by atoms with Crippen molar-refractivity contribution in [1.82, 2.24) is 0 Å². The number of rotatable bonds is 4. The second-order valence-corrected chi connectivity index (χ2v) is 8.78. The average molecular weight is 449 g/mol. The van der Waals surface area contributed by atoms with E-state index in [1.165, 1.54) is 19.1 Å². The Labute approximate surface area is 170 Å². The Kier molecular flexibility index (Phi) is 5.68. The van der Waals surface area contributed by atoms with Gasteiger partial charge in [0.15, 0.2) is 6.10 Å². The van der Waals surface area contributed by atoms with Crippen molar-refractivity contribution in [3.8, 4) is 5.75 Å². The highest BCUT2D eigenvalue weighted by Crippen LogP contribution is 2.37. The lowest BCUT2D eigenvalue weighted by molar-refractivity contribution is -0.137. The Balaban J connectivity index is 1.87. The standard InChI is InChI=1S/C18H16ClF3N2O4S/c1-2-29(26,27)24-10-16(28-15-6-4-3-5-14(15)24)17(25)23-11-7-8-13(19)12(9-11)18(20,21)22/h3-9,16H,2,10H2,1H3,(H,23,25). The number of sulfonamides is 1. The summed E-state index contributed by atoms with van der Waals surface area (Å²) in [6.45, 7) is 1.16. The molecule has 11 heteroatoms. The lowest BCUT2D eigenvalue weighted by atomic mass is 10.1. The monoisotopic (exact) mass is 448 g/mol. The van der Waals surface area contributed by atoms with Crippen LogP contribution in [-0.2, 0) is 21.0 Å². The molecule has 0 saturated carbocycles. The van der Waals surface area contributed by atoms with Gasteiger partial charge in [-0.25, -0.2) is 8.42 Å². The summed E-state index contributed by atoms with van der Waals surface area (Å²) in [5.41, 5.74) is -0.939. The molecule has 6 nitrogen and oxygen atoms in total. The molecular weight excluding hydrogens is 433 g/mol. The van der Waals surface area contributed by atoms with Gasteiger partial charge in [-0.2, -0.15) is 13.2 Å². The number of carbonyl (C=O) groups is 1. The van der Waals surface area contributed by atoms with Gasteiger partial charge in [0.25, 0.3) is 5.91 Å². The van der Waals surface area contributed by atoms with Gasteiger partial charge in [-0.15, -0.1) is 0 Å². The van der Waals surface area contributed by atoms with Gasteiger partial charge in [-0.1, -0.05) is 23.7 Å². The lowest BCUT2D eigenvalue weighted by Crippen LogP contribution is -2.49. The number of para-hydroxylation sites is 2. The molecule has 1 atom stereocenters. The molecule has 1 N–H and O–H groups in total. The van der Waals surface area contributed by atoms with Gasteiger partial charge in [0.2, 0.25) is 10.0 Å². The van der Waals surface area contributed by atoms with Gasteiger partial charge in [0, 0.05) is 5.69 Å². The van der Waals surface area contributed by atoms with Gasteiger partial charge < -0.3 is 10.1 Å². The molecule has 0 bridgehead atoms. The van der Waals surface area contributed by atoms with Crippen molar-refractivity contribution in [2.45, 2.75) is 19.2 Å². The SMILES string of the molecule is CCS(=O)(=O)N1CC(C(=O)Nc2ccc(Cl)c(C(F)(F)F)c2)Oc2ccccc21. The highest BCUT2D eigenvalue weighted by Gasteiger charge is 2.37. The normalized spacial score (nSPS) is 16.7. The number of carbonyl (C=O) groups excluding carboxylic acids is 1. The van der Waals surface area contributed by atoms with Gasteiger partial charge in [-0.05, 0) is 37.3 Å². The minimum Gasteiger partial charge on any atom is -0.476 e. The zero-order valence-electron chi connectivity index (χ0n) is 15.0. The highest BCUT2D eigenvalue weighted by atomic mass is 35.5. The molecular formula is C18H16ClF3N2O4S. The average Bonchev–Trinajstić information content (AvgIpc) is 2.67. The van der Waals surface area contributed by atoms with Crippen molar-refractivity contribution in [2.24, 2.45) is 0 Å². The largest absolute Gasteiger partial charge is 0.476 e. The maximum Gasteiger partial charge on any atom is 0.417 e. The Hall–Kier alpha value is -2.46. The van der Waals surface area contributed by atoms with Crippen LogP contribution in [0.3, 0.4) is 0 Å². The van der Waals surface area contributed by atoms with Gasteiger partial charge >= 0.3 is 6.18 Å². The number of alkyl halides is 3. The molecule has 156 valence electrons. The number of anilines is 2. The molecule has 0 aliphatic carbocycles. The summed E-state index contributed by atoms with van der Waals surface area (Å²) in [7, 11) is -3.70. The van der Waals surface area contributed by atoms with Crippen molar-refractivity contribution >= 4 is 38.9 Å². The van der Waals surface area contributed by atoms with Gasteiger partial charge in [-0.3, -0.25) is 9.10 Å². The fraction of sp³-hybridized carbons (Fsp3) is 0.278. The first kappa shape index (κ1) is 21.3. The zero-order chi connectivity index (χ0) is 21.4. The van der Waals surface area contributed by atoms with E-state index in [1.54, 1.807) is 18.2 Å². The van der Waals surface area contributed by atoms with E-state index in [9.17, 15) is 26.4 Å². The van der Waals surface area contributed by atoms with Crippen molar-refractivity contribution in [3.05, 3.63) is 53.1 Å². The number of nitrogens with one attached hydrogen (secondary N) is 1. The lowest BCUT2D eigenvalue weighted by Gasteiger charge is -2.34. The zero-order valence-corrected chi connectivity index (χ0v) is 16.6. The van der Waals surface area contributed by atoms with Crippen LogP contribution in [0, 0.1) is 0 Å². The third kappa shape index (κ3) is 4.43. The first-order valence-electron chi connectivity index (χ1n) is 8.46. The van der Waals surface area contributed by atoms with Gasteiger partial charge in [0.05, 0.1) is 28.6 Å². The molecule has 29 heavy (non-hydrogen) atoms. The molecule has 1 heterocycles. The Morgan fingerprint density at radius 3 is 2.62 bits per heavy atom. The number of nitrogens with zero attached hydrogens (tertiary/aromatic N) is 1. The Morgan fingerprint density at radius 2 is 1.97 bits per heavy atom. The predicted molar refractivity (Wildman–Crippen MR) is 103 cm³/mol. The number of benzene rings is 2. The molecule has 1 aliphatic rings. The molecule has 1 unspecified atom stereocenters. The van der Waals surface area contributed by atoms with Crippen molar-refractivity contribution in [2.75, 3.05) is 21.9 Å². The number of ether oxygens (including phenoxy) is 1. The van der Waals surface area contributed by atoms with Crippen LogP contribution in [0.1, 0.15) is 12.5 Å². The number of hydrogen-bond acceptors (Lipinski definition) is 4. The van der Waals surface area contributed by atoms with E-state index in [-0.39, 0.29) is 23.7 Å². The topological polar surface area (TPSA) is 75.7 Å². The molecule has 3 rings (SSSR count). The van der Waals surface area contributed by atoms with E-state index < -0.39 is 38.8 Å². The first-order chi connectivity index (χ1) is 13.5. The summed E-state index contributed by atoms with van der Waals surface area (Å²) in [6, 6.07) is 9.25. The van der Waals surface area contributed by atoms with Crippen molar-refractivity contribution in [1.29, 1.82) is 0 Å². The van der Waals surface area contributed by atoms with E-state index in [2.05, 4.69) is 5.32 Å². The maximum atomic E-state index is 13.0. The van der Waals surface area contributed by atoms with Crippen LogP contribution < -0.4 is 14.4 Å². The summed E-state index contributed by atoms with van der Waals surface area (Å²) in [5.74, 6) is -0.795. The predicted octanol–water partition coefficient (Wildman–Crippen LogP) is 3.91. The molecule has 2 aromatic carbocycles. The van der Waals surface area contributed by atoms with Crippen molar-refractivity contribution in [3.63, 3.8) is 0 Å². The molecule has 0 aromatic heterocycles. The van der Waals surface area contributed by atoms with E-state index in [0.717, 1.165) is 10.4 Å². The number of amides is 1. The molecule has 0 spiro atoms. The Bertz CT molecular complexity index is 1040. The third-order valence-electron chi connectivity index (χ3n) is 4.27. The van der Waals surface area contributed by atoms with Crippen LogP contribution in [-0.4, -0.2) is 32.7 Å². The quantitative estimate of drug-likeness (QED) is 0.769. The molecule has 0 radical (unpaired) electrons. The Morgan fingerprint density at radius 1 is 1.28 bits per heavy atom. The van der Waals surface area contributed by atoms with Crippen LogP contribution in [0.15, 0.2) is 42.5 Å². The number of fused-ring (bicyclic) bond motifs is 1. The first-order valence-corrected chi connectivity index (χ1v) is 10.5. The van der Waals surface area contributed by atoms with Crippen LogP contribution in [0.25, 0.3) is 0 Å². The number of halogens is 4. The molecule has 0 saturated heterocycles. The van der Waals surface area contributed by atoms with E-state index >= 15 is 0 Å². The van der Waals surface area contributed by atoms with Crippen LogP contribution in [0.2, 0.25) is 5.02 Å². The minimum atomic E-state index is -4.69. The second-order valence-electron chi connectivity index (χ2n) is 6.19. The summed E-state index contributed by atoms with van der Waals surface area (Å²) in [5, 5.41) is 1.83. The maximum absolute atomic E-state index is 13.0. The van der Waals surface area contributed by atoms with E-state index in [0.29, 0.717) is 11.8 Å². The van der Waals surface area contributed by atoms with E-state index in [4.69, 9.17) is 16.3 Å². The minimum absolute atomic E-state index is 0.140. The molecule has 1 amide bonds. The fourth-order valence-corrected chi connectivity index (χ4v) is 4.15. The second kappa shape index (κ2) is 7.75. The third-order valence-corrected chi connectivity index (χ3v) is 6.34. The van der Waals surface area contributed by atoms with Crippen molar-refractivity contribution < 1.29 is 31.1 Å². The summed E-state index contributed by atoms with van der Waals surface area (Å²) in [4.78, 5) is 12.6. The van der Waals surface area contributed by atoms with Crippen LogP contribution in [0.4, 0.5) is 24.5 Å². The smallest absolute Gasteiger partial charge is 0.417 e. The van der Waals surface area contributed by atoms with Crippen LogP contribution >= 0.6 is 11.6 Å². The molecule has 0 fully saturated rings. The fourth-order valence-electron chi connectivity index (χ4n) is 2.80. The van der Waals surface area contributed by atoms with Gasteiger partial charge in [0.1, 0.15) is 5.75 Å². The molecule has 1 aliphatic heterocycles. The summed E-state index contributed by atoms with van der Waals surface area (Å²) >= 11 is 5.58. The molecule has 2 aromatic rings. The van der Waals surface area contributed by atoms with E-state index in [1.807, 2.05) is 0 Å². The van der Waals surface area contributed by atoms with Crippen LogP contribution in [0.5, 0.6) is 5.75 Å².